The number of alkyl halides is 2. The number of halogens is 2. The van der Waals surface area contributed by atoms with Crippen LogP contribution in [0.25, 0.3) is 0 Å². The number of carbonyl (C=O) groups is 1. The monoisotopic (exact) mass is 360 g/mol. The van der Waals surface area contributed by atoms with Gasteiger partial charge >= 0.3 is 0 Å². The highest BCUT2D eigenvalue weighted by molar-refractivity contribution is 5.93. The van der Waals surface area contributed by atoms with Crippen molar-refractivity contribution < 1.29 is 18.3 Å². The molecule has 0 bridgehead atoms. The van der Waals surface area contributed by atoms with Gasteiger partial charge < -0.3 is 10.1 Å². The third kappa shape index (κ3) is 5.51. The molecule has 0 atom stereocenters. The molecule has 2 aromatic rings. The van der Waals surface area contributed by atoms with Crippen LogP contribution >= 0.6 is 0 Å². The topological polar surface area (TPSA) is 51.2 Å². The van der Waals surface area contributed by atoms with E-state index in [-0.39, 0.29) is 11.8 Å². The highest BCUT2D eigenvalue weighted by Gasteiger charge is 2.29. The van der Waals surface area contributed by atoms with Crippen molar-refractivity contribution >= 4 is 11.7 Å². The Kier molecular flexibility index (Phi) is 5.81. The normalized spacial score (nSPS) is 13.7. The van der Waals surface area contributed by atoms with E-state index in [1.807, 2.05) is 25.1 Å². The Hall–Kier alpha value is -2.50. The molecule has 0 saturated heterocycles. The van der Waals surface area contributed by atoms with E-state index in [2.05, 4.69) is 10.3 Å². The highest BCUT2D eigenvalue weighted by Crippen LogP contribution is 2.30. The van der Waals surface area contributed by atoms with Crippen molar-refractivity contribution in [3.05, 3.63) is 53.2 Å². The van der Waals surface area contributed by atoms with Crippen LogP contribution in [0.5, 0.6) is 5.75 Å². The quantitative estimate of drug-likeness (QED) is 0.769. The highest BCUT2D eigenvalue weighted by atomic mass is 19.3. The van der Waals surface area contributed by atoms with Crippen LogP contribution in [0.3, 0.4) is 0 Å². The van der Waals surface area contributed by atoms with Gasteiger partial charge in [-0.15, -0.1) is 0 Å². The maximum atomic E-state index is 12.3. The fourth-order valence-corrected chi connectivity index (χ4v) is 2.77. The Morgan fingerprint density at radius 1 is 1.23 bits per heavy atom. The van der Waals surface area contributed by atoms with E-state index in [0.29, 0.717) is 11.6 Å². The lowest BCUT2D eigenvalue weighted by Crippen LogP contribution is -2.14. The van der Waals surface area contributed by atoms with Gasteiger partial charge in [0.15, 0.2) is 0 Å². The molecular weight excluding hydrogens is 338 g/mol. The lowest BCUT2D eigenvalue weighted by molar-refractivity contribution is -0.117. The molecule has 1 fully saturated rings. The van der Waals surface area contributed by atoms with Crippen molar-refractivity contribution in [2.24, 2.45) is 5.92 Å². The van der Waals surface area contributed by atoms with Gasteiger partial charge in [0.25, 0.3) is 6.43 Å². The van der Waals surface area contributed by atoms with E-state index >= 15 is 0 Å². The number of carbonyl (C=O) groups excluding carboxylic acids is 1. The second kappa shape index (κ2) is 8.25. The number of amides is 1. The molecule has 0 aliphatic heterocycles. The number of hydrogen-bond acceptors (Lipinski definition) is 3. The number of benzene rings is 1. The van der Waals surface area contributed by atoms with Crippen LogP contribution in [0.2, 0.25) is 0 Å². The number of rotatable bonds is 8. The van der Waals surface area contributed by atoms with E-state index in [1.54, 1.807) is 18.3 Å². The zero-order valence-corrected chi connectivity index (χ0v) is 14.7. The van der Waals surface area contributed by atoms with Crippen LogP contribution in [-0.4, -0.2) is 23.9 Å². The van der Waals surface area contributed by atoms with Gasteiger partial charge in [-0.25, -0.2) is 13.8 Å². The Morgan fingerprint density at radius 3 is 2.73 bits per heavy atom. The molecule has 1 aromatic carbocycles. The molecule has 1 aliphatic rings. The number of ether oxygens (including phenoxy) is 1. The lowest BCUT2D eigenvalue weighted by Gasteiger charge is -2.10. The van der Waals surface area contributed by atoms with Crippen LogP contribution in [0, 0.1) is 12.8 Å². The number of pyridine rings is 1. The average Bonchev–Trinajstić information content (AvgIpc) is 3.43. The Bertz CT molecular complexity index is 776. The van der Waals surface area contributed by atoms with Crippen molar-refractivity contribution in [3.8, 4) is 5.75 Å². The Morgan fingerprint density at radius 2 is 2.00 bits per heavy atom. The molecule has 1 heterocycles. The van der Waals surface area contributed by atoms with Crippen LogP contribution in [-0.2, 0) is 17.6 Å². The second-order valence-electron chi connectivity index (χ2n) is 6.67. The average molecular weight is 360 g/mol. The van der Waals surface area contributed by atoms with Crippen LogP contribution in [0.4, 0.5) is 14.6 Å². The van der Waals surface area contributed by atoms with Crippen molar-refractivity contribution in [2.75, 3.05) is 11.9 Å². The number of aryl methyl sites for hydroxylation is 3. The van der Waals surface area contributed by atoms with Gasteiger partial charge in [0, 0.05) is 12.1 Å². The fourth-order valence-electron chi connectivity index (χ4n) is 2.77. The molecule has 0 spiro atoms. The number of hydrogen-bond donors (Lipinski definition) is 1. The summed E-state index contributed by atoms with van der Waals surface area (Å²) in [4.78, 5) is 16.0. The Balaban J connectivity index is 1.60. The molecule has 4 nitrogen and oxygen atoms in total. The van der Waals surface area contributed by atoms with Gasteiger partial charge in [-0.2, -0.15) is 0 Å². The molecule has 0 unspecified atom stereocenters. The third-order valence-corrected chi connectivity index (χ3v) is 4.21. The zero-order chi connectivity index (χ0) is 18.5. The SMILES string of the molecule is Cc1cc(CCc2ccnc(NC(=O)C3CC3)c2)cc(OCC(F)F)c1. The number of nitrogens with one attached hydrogen (secondary N) is 1. The molecule has 26 heavy (non-hydrogen) atoms. The number of aromatic nitrogens is 1. The van der Waals surface area contributed by atoms with Gasteiger partial charge in [0.2, 0.25) is 5.91 Å². The first-order valence-corrected chi connectivity index (χ1v) is 8.77. The van der Waals surface area contributed by atoms with E-state index in [1.165, 1.54) is 0 Å². The molecule has 6 heteroatoms. The van der Waals surface area contributed by atoms with Crippen molar-refractivity contribution in [2.45, 2.75) is 39.0 Å². The fraction of sp³-hybridized carbons (Fsp3) is 0.400. The van der Waals surface area contributed by atoms with Crippen LogP contribution < -0.4 is 10.1 Å². The van der Waals surface area contributed by atoms with Gasteiger partial charge in [-0.05, 0) is 73.6 Å². The predicted molar refractivity (Wildman–Crippen MR) is 95.7 cm³/mol. The lowest BCUT2D eigenvalue weighted by atomic mass is 10.0. The summed E-state index contributed by atoms with van der Waals surface area (Å²) in [7, 11) is 0. The third-order valence-electron chi connectivity index (χ3n) is 4.21. The summed E-state index contributed by atoms with van der Waals surface area (Å²) in [5, 5.41) is 2.85. The van der Waals surface area contributed by atoms with Crippen molar-refractivity contribution in [3.63, 3.8) is 0 Å². The summed E-state index contributed by atoms with van der Waals surface area (Å²) in [6, 6.07) is 9.36. The Labute approximate surface area is 151 Å². The van der Waals surface area contributed by atoms with E-state index in [9.17, 15) is 13.6 Å². The smallest absolute Gasteiger partial charge is 0.272 e. The molecule has 1 saturated carbocycles. The minimum atomic E-state index is -2.49. The largest absolute Gasteiger partial charge is 0.488 e. The molecule has 1 aliphatic carbocycles. The summed E-state index contributed by atoms with van der Waals surface area (Å²) in [6.07, 6.45) is 2.61. The summed E-state index contributed by atoms with van der Waals surface area (Å²) in [5.74, 6) is 1.21. The maximum absolute atomic E-state index is 12.3. The van der Waals surface area contributed by atoms with Crippen LogP contribution in [0.15, 0.2) is 36.5 Å². The first-order valence-electron chi connectivity index (χ1n) is 8.77. The number of nitrogens with zero attached hydrogens (tertiary/aromatic N) is 1. The van der Waals surface area contributed by atoms with Crippen molar-refractivity contribution in [1.82, 2.24) is 4.98 Å². The zero-order valence-electron chi connectivity index (χ0n) is 14.7. The number of anilines is 1. The maximum Gasteiger partial charge on any atom is 0.272 e. The molecule has 1 aromatic heterocycles. The molecule has 138 valence electrons. The summed E-state index contributed by atoms with van der Waals surface area (Å²) >= 11 is 0. The summed E-state index contributed by atoms with van der Waals surface area (Å²) < 4.78 is 29.7. The van der Waals surface area contributed by atoms with Gasteiger partial charge in [0.05, 0.1) is 0 Å². The van der Waals surface area contributed by atoms with Gasteiger partial charge in [-0.1, -0.05) is 6.07 Å². The van der Waals surface area contributed by atoms with E-state index in [0.717, 1.165) is 42.4 Å². The van der Waals surface area contributed by atoms with E-state index < -0.39 is 13.0 Å². The first kappa shape index (κ1) is 18.3. The minimum absolute atomic E-state index is 0.0363. The van der Waals surface area contributed by atoms with Crippen molar-refractivity contribution in [1.29, 1.82) is 0 Å². The van der Waals surface area contributed by atoms with Gasteiger partial charge in [0.1, 0.15) is 18.2 Å². The minimum Gasteiger partial charge on any atom is -0.488 e. The molecule has 1 N–H and O–H groups in total. The molecular formula is C20H22F2N2O2. The predicted octanol–water partition coefficient (Wildman–Crippen LogP) is 4.17. The summed E-state index contributed by atoms with van der Waals surface area (Å²) in [5.41, 5.74) is 3.05. The van der Waals surface area contributed by atoms with E-state index in [4.69, 9.17) is 4.74 Å². The molecule has 1 amide bonds. The first-order chi connectivity index (χ1) is 12.5. The second-order valence-corrected chi connectivity index (χ2v) is 6.67. The van der Waals surface area contributed by atoms with Gasteiger partial charge in [-0.3, -0.25) is 4.79 Å². The standard InChI is InChI=1S/C20H22F2N2O2/c1-13-8-15(10-17(9-13)26-12-18(21)22)3-2-14-6-7-23-19(11-14)24-20(25)16-4-5-16/h6-11,16,18H,2-5,12H2,1H3,(H,23,24,25). The molecule has 0 radical (unpaired) electrons. The van der Waals surface area contributed by atoms with Crippen LogP contribution in [0.1, 0.15) is 29.5 Å². The molecule has 3 rings (SSSR count). The summed E-state index contributed by atoms with van der Waals surface area (Å²) in [6.45, 7) is 1.31.